The second-order valence-electron chi connectivity index (χ2n) is 3.46. The summed E-state index contributed by atoms with van der Waals surface area (Å²) in [6.07, 6.45) is 0. The molecular weight excluding hydrogens is 320 g/mol. The van der Waals surface area contributed by atoms with Crippen molar-refractivity contribution in [3.63, 3.8) is 0 Å². The first-order valence-electron chi connectivity index (χ1n) is 4.90. The summed E-state index contributed by atoms with van der Waals surface area (Å²) in [6, 6.07) is 7.06. The number of thioether (sulfide) groups is 2. The zero-order valence-electron chi connectivity index (χ0n) is 9.03. The molecule has 88 valence electrons. The molecule has 1 aliphatic heterocycles. The highest BCUT2D eigenvalue weighted by Crippen LogP contribution is 2.46. The Labute approximate surface area is 116 Å². The number of carbonyl (C=O) groups is 2. The topological polar surface area (TPSA) is 34.1 Å². The summed E-state index contributed by atoms with van der Waals surface area (Å²) in [7, 11) is 0. The fourth-order valence-corrected chi connectivity index (χ4v) is 3.37. The maximum atomic E-state index is 12.2. The molecule has 0 atom stereocenters. The van der Waals surface area contributed by atoms with E-state index < -0.39 is 0 Å². The fraction of sp³-hybridized carbons (Fsp3) is 0.167. The number of benzene rings is 1. The van der Waals surface area contributed by atoms with E-state index in [1.807, 2.05) is 0 Å². The molecule has 0 aliphatic carbocycles. The van der Waals surface area contributed by atoms with E-state index in [1.54, 1.807) is 47.8 Å². The Hall–Kier alpha value is -0.520. The highest BCUT2D eigenvalue weighted by Gasteiger charge is 2.25. The SMILES string of the molecule is CC(=O)C(C(=O)c1ccc(Br)cc1)=C1SCS1. The number of hydrogen-bond acceptors (Lipinski definition) is 4. The summed E-state index contributed by atoms with van der Waals surface area (Å²) in [5, 5.41) is 0.916. The lowest BCUT2D eigenvalue weighted by atomic mass is 10.0. The van der Waals surface area contributed by atoms with Crippen LogP contribution in [-0.4, -0.2) is 16.7 Å². The smallest absolute Gasteiger partial charge is 0.198 e. The van der Waals surface area contributed by atoms with Gasteiger partial charge in [0, 0.05) is 15.1 Å². The van der Waals surface area contributed by atoms with Gasteiger partial charge in [0.15, 0.2) is 11.6 Å². The largest absolute Gasteiger partial charge is 0.294 e. The molecule has 0 radical (unpaired) electrons. The summed E-state index contributed by atoms with van der Waals surface area (Å²) >= 11 is 6.43. The average Bonchev–Trinajstić information content (AvgIpc) is 2.23. The van der Waals surface area contributed by atoms with Crippen LogP contribution in [0.3, 0.4) is 0 Å². The molecule has 1 fully saturated rings. The van der Waals surface area contributed by atoms with Crippen LogP contribution in [0, 0.1) is 0 Å². The molecule has 0 N–H and O–H groups in total. The number of allylic oxidation sites excluding steroid dienone is 1. The predicted octanol–water partition coefficient (Wildman–Crippen LogP) is 3.87. The van der Waals surface area contributed by atoms with Crippen molar-refractivity contribution < 1.29 is 9.59 Å². The standard InChI is InChI=1S/C12H9BrO2S2/c1-7(14)10(12-16-6-17-12)11(15)8-2-4-9(13)5-3-8/h2-5H,6H2,1H3. The molecule has 5 heteroatoms. The molecule has 0 spiro atoms. The van der Waals surface area contributed by atoms with Crippen molar-refractivity contribution >= 4 is 51.0 Å². The highest BCUT2D eigenvalue weighted by molar-refractivity contribution is 9.10. The minimum Gasteiger partial charge on any atom is -0.294 e. The van der Waals surface area contributed by atoms with Gasteiger partial charge >= 0.3 is 0 Å². The Bertz CT molecular complexity index is 500. The molecule has 0 bridgehead atoms. The van der Waals surface area contributed by atoms with Crippen LogP contribution >= 0.6 is 39.5 Å². The van der Waals surface area contributed by atoms with E-state index in [9.17, 15) is 9.59 Å². The van der Waals surface area contributed by atoms with Gasteiger partial charge in [0.25, 0.3) is 0 Å². The molecule has 1 aromatic rings. The van der Waals surface area contributed by atoms with Crippen LogP contribution in [0.5, 0.6) is 0 Å². The number of hydrogen-bond donors (Lipinski definition) is 0. The van der Waals surface area contributed by atoms with Gasteiger partial charge in [-0.15, -0.1) is 23.5 Å². The Kier molecular flexibility index (Phi) is 4.12. The lowest BCUT2D eigenvalue weighted by Crippen LogP contribution is -2.14. The lowest BCUT2D eigenvalue weighted by Gasteiger charge is -2.18. The van der Waals surface area contributed by atoms with Gasteiger partial charge in [-0.1, -0.05) is 15.9 Å². The molecule has 1 aliphatic rings. The molecule has 1 saturated heterocycles. The third kappa shape index (κ3) is 2.84. The molecule has 0 amide bonds. The Morgan fingerprint density at radius 1 is 1.18 bits per heavy atom. The molecular formula is C12H9BrO2S2. The molecule has 1 heterocycles. The van der Waals surface area contributed by atoms with Gasteiger partial charge in [-0.2, -0.15) is 0 Å². The van der Waals surface area contributed by atoms with Crippen LogP contribution < -0.4 is 0 Å². The van der Waals surface area contributed by atoms with E-state index in [4.69, 9.17) is 0 Å². The zero-order chi connectivity index (χ0) is 12.4. The Balaban J connectivity index is 2.35. The van der Waals surface area contributed by atoms with E-state index in [1.165, 1.54) is 6.92 Å². The summed E-state index contributed by atoms with van der Waals surface area (Å²) < 4.78 is 1.77. The van der Waals surface area contributed by atoms with Gasteiger partial charge in [0.1, 0.15) is 0 Å². The van der Waals surface area contributed by atoms with Crippen molar-refractivity contribution in [2.45, 2.75) is 6.92 Å². The zero-order valence-corrected chi connectivity index (χ0v) is 12.2. The van der Waals surface area contributed by atoms with E-state index in [2.05, 4.69) is 15.9 Å². The molecule has 0 aromatic heterocycles. The third-order valence-corrected chi connectivity index (χ3v) is 5.38. The second-order valence-corrected chi connectivity index (χ2v) is 6.97. The number of ketones is 2. The normalized spacial score (nSPS) is 14.1. The van der Waals surface area contributed by atoms with Gasteiger partial charge in [-0.05, 0) is 31.2 Å². The fourth-order valence-electron chi connectivity index (χ4n) is 1.40. The first kappa shape index (κ1) is 12.9. The summed E-state index contributed by atoms with van der Waals surface area (Å²) in [4.78, 5) is 23.8. The number of rotatable bonds is 3. The minimum absolute atomic E-state index is 0.160. The summed E-state index contributed by atoms with van der Waals surface area (Å²) in [5.74, 6) is -0.340. The van der Waals surface area contributed by atoms with Crippen LogP contribution in [0.4, 0.5) is 0 Å². The second kappa shape index (κ2) is 5.42. The predicted molar refractivity (Wildman–Crippen MR) is 76.2 cm³/mol. The van der Waals surface area contributed by atoms with E-state index in [0.717, 1.165) is 13.8 Å². The van der Waals surface area contributed by atoms with Crippen LogP contribution in [-0.2, 0) is 4.79 Å². The van der Waals surface area contributed by atoms with Gasteiger partial charge in [-0.3, -0.25) is 9.59 Å². The third-order valence-electron chi connectivity index (χ3n) is 2.27. The summed E-state index contributed by atoms with van der Waals surface area (Å²) in [5.41, 5.74) is 0.882. The van der Waals surface area contributed by atoms with Crippen molar-refractivity contribution in [2.24, 2.45) is 0 Å². The van der Waals surface area contributed by atoms with E-state index in [-0.39, 0.29) is 11.6 Å². The van der Waals surface area contributed by atoms with Gasteiger partial charge in [-0.25, -0.2) is 0 Å². The maximum absolute atomic E-state index is 12.2. The van der Waals surface area contributed by atoms with Gasteiger partial charge in [0.05, 0.1) is 9.81 Å². The molecule has 0 saturated carbocycles. The van der Waals surface area contributed by atoms with Crippen LogP contribution in [0.2, 0.25) is 0 Å². The van der Waals surface area contributed by atoms with Crippen molar-refractivity contribution in [3.8, 4) is 0 Å². The molecule has 2 rings (SSSR count). The number of carbonyl (C=O) groups excluding carboxylic acids is 2. The Morgan fingerprint density at radius 2 is 1.76 bits per heavy atom. The summed E-state index contributed by atoms with van der Waals surface area (Å²) in [6.45, 7) is 1.44. The molecule has 2 nitrogen and oxygen atoms in total. The van der Waals surface area contributed by atoms with Crippen molar-refractivity contribution in [1.29, 1.82) is 0 Å². The van der Waals surface area contributed by atoms with Crippen molar-refractivity contribution in [2.75, 3.05) is 5.08 Å². The van der Waals surface area contributed by atoms with Gasteiger partial charge < -0.3 is 0 Å². The van der Waals surface area contributed by atoms with Crippen LogP contribution in [0.1, 0.15) is 17.3 Å². The minimum atomic E-state index is -0.181. The molecule has 1 aromatic carbocycles. The Morgan fingerprint density at radius 3 is 2.18 bits per heavy atom. The maximum Gasteiger partial charge on any atom is 0.198 e. The molecule has 0 unspecified atom stereocenters. The van der Waals surface area contributed by atoms with Crippen molar-refractivity contribution in [3.05, 3.63) is 44.1 Å². The quantitative estimate of drug-likeness (QED) is 0.365. The lowest BCUT2D eigenvalue weighted by molar-refractivity contribution is -0.113. The van der Waals surface area contributed by atoms with Crippen LogP contribution in [0.15, 0.2) is 38.5 Å². The first-order valence-corrected chi connectivity index (χ1v) is 7.67. The monoisotopic (exact) mass is 328 g/mol. The number of Topliss-reactive ketones (excluding diaryl/α,β-unsaturated/α-hetero) is 2. The van der Waals surface area contributed by atoms with Crippen molar-refractivity contribution in [1.82, 2.24) is 0 Å². The van der Waals surface area contributed by atoms with E-state index >= 15 is 0 Å². The first-order chi connectivity index (χ1) is 8.09. The number of halogens is 1. The van der Waals surface area contributed by atoms with Gasteiger partial charge in [0.2, 0.25) is 0 Å². The van der Waals surface area contributed by atoms with Crippen LogP contribution in [0.25, 0.3) is 0 Å². The average molecular weight is 329 g/mol. The molecule has 17 heavy (non-hydrogen) atoms. The highest BCUT2D eigenvalue weighted by atomic mass is 79.9. The van der Waals surface area contributed by atoms with E-state index in [0.29, 0.717) is 11.1 Å².